The lowest BCUT2D eigenvalue weighted by molar-refractivity contribution is -0.162. The third kappa shape index (κ3) is 2.48. The molecule has 0 aromatic rings. The minimum absolute atomic E-state index is 0.118. The van der Waals surface area contributed by atoms with Gasteiger partial charge in [0, 0.05) is 19.6 Å². The molecule has 1 unspecified atom stereocenters. The molecule has 2 amide bonds. The van der Waals surface area contributed by atoms with E-state index in [9.17, 15) is 18.0 Å². The average molecular weight is 197 g/mol. The van der Waals surface area contributed by atoms with Crippen LogP contribution in [0, 0.1) is 0 Å². The Morgan fingerprint density at radius 1 is 1.54 bits per heavy atom. The number of primary amides is 1. The van der Waals surface area contributed by atoms with Crippen molar-refractivity contribution < 1.29 is 18.0 Å². The van der Waals surface area contributed by atoms with Crippen molar-refractivity contribution in [2.45, 2.75) is 12.2 Å². The summed E-state index contributed by atoms with van der Waals surface area (Å²) < 4.78 is 36.4. The van der Waals surface area contributed by atoms with Crippen molar-refractivity contribution in [3.63, 3.8) is 0 Å². The van der Waals surface area contributed by atoms with Gasteiger partial charge in [0.25, 0.3) is 0 Å². The Morgan fingerprint density at radius 2 is 2.15 bits per heavy atom. The summed E-state index contributed by atoms with van der Waals surface area (Å²) in [6, 6.07) is -2.47. The lowest BCUT2D eigenvalue weighted by atomic mass is 10.2. The summed E-state index contributed by atoms with van der Waals surface area (Å²) in [5, 5.41) is 2.27. The first-order valence-corrected chi connectivity index (χ1v) is 3.75. The predicted molar refractivity (Wildman–Crippen MR) is 39.0 cm³/mol. The second kappa shape index (κ2) is 3.41. The predicted octanol–water partition coefficient (Wildman–Crippen LogP) is -0.0988. The van der Waals surface area contributed by atoms with Crippen LogP contribution in [0.5, 0.6) is 0 Å². The number of nitrogens with one attached hydrogen (secondary N) is 1. The van der Waals surface area contributed by atoms with Gasteiger partial charge in [0.05, 0.1) is 0 Å². The van der Waals surface area contributed by atoms with Gasteiger partial charge in [-0.25, -0.2) is 4.79 Å². The zero-order chi connectivity index (χ0) is 10.1. The Morgan fingerprint density at radius 3 is 2.62 bits per heavy atom. The molecule has 1 aliphatic rings. The summed E-state index contributed by atoms with van der Waals surface area (Å²) in [4.78, 5) is 11.6. The highest BCUT2D eigenvalue weighted by atomic mass is 19.4. The fourth-order valence-corrected chi connectivity index (χ4v) is 1.17. The second-order valence-corrected chi connectivity index (χ2v) is 2.83. The van der Waals surface area contributed by atoms with E-state index >= 15 is 0 Å². The van der Waals surface area contributed by atoms with Crippen LogP contribution in [0.1, 0.15) is 0 Å². The molecule has 1 rings (SSSR count). The van der Waals surface area contributed by atoms with Crippen molar-refractivity contribution in [3.8, 4) is 0 Å². The van der Waals surface area contributed by atoms with Crippen molar-refractivity contribution in [3.05, 3.63) is 0 Å². The van der Waals surface area contributed by atoms with Crippen LogP contribution in [-0.2, 0) is 0 Å². The van der Waals surface area contributed by atoms with E-state index in [0.717, 1.165) is 4.90 Å². The molecule has 0 aromatic carbocycles. The molecule has 13 heavy (non-hydrogen) atoms. The number of rotatable bonds is 0. The lowest BCUT2D eigenvalue weighted by Gasteiger charge is -2.33. The quantitative estimate of drug-likeness (QED) is 0.569. The minimum Gasteiger partial charge on any atom is -0.351 e. The largest absolute Gasteiger partial charge is 0.405 e. The average Bonchev–Trinajstić information content (AvgIpc) is 2.03. The van der Waals surface area contributed by atoms with Gasteiger partial charge >= 0.3 is 12.2 Å². The molecule has 0 bridgehead atoms. The summed E-state index contributed by atoms with van der Waals surface area (Å²) in [6.45, 7) is -0.0616. The van der Waals surface area contributed by atoms with E-state index in [1.165, 1.54) is 0 Å². The Balaban J connectivity index is 2.57. The van der Waals surface area contributed by atoms with Crippen molar-refractivity contribution >= 4 is 6.03 Å². The first kappa shape index (κ1) is 10.1. The smallest absolute Gasteiger partial charge is 0.351 e. The molecule has 0 spiro atoms. The van der Waals surface area contributed by atoms with Gasteiger partial charge in [-0.05, 0) is 0 Å². The maximum atomic E-state index is 12.1. The van der Waals surface area contributed by atoms with Crippen LogP contribution in [0.2, 0.25) is 0 Å². The van der Waals surface area contributed by atoms with E-state index in [1.807, 2.05) is 0 Å². The first-order chi connectivity index (χ1) is 5.91. The summed E-state index contributed by atoms with van der Waals surface area (Å²) in [5.74, 6) is 0. The molecule has 76 valence electrons. The highest BCUT2D eigenvalue weighted by molar-refractivity contribution is 5.72. The number of carbonyl (C=O) groups is 1. The minimum atomic E-state index is -4.33. The number of hydrogen-bond acceptors (Lipinski definition) is 2. The van der Waals surface area contributed by atoms with Gasteiger partial charge in [0.1, 0.15) is 6.04 Å². The van der Waals surface area contributed by atoms with Crippen molar-refractivity contribution in [2.24, 2.45) is 5.73 Å². The van der Waals surface area contributed by atoms with Crippen LogP contribution in [0.3, 0.4) is 0 Å². The Bertz CT molecular complexity index is 206. The van der Waals surface area contributed by atoms with E-state index in [2.05, 4.69) is 5.32 Å². The summed E-state index contributed by atoms with van der Waals surface area (Å²) in [7, 11) is 0. The van der Waals surface area contributed by atoms with E-state index in [4.69, 9.17) is 5.73 Å². The Labute approximate surface area is 72.9 Å². The molecule has 0 aliphatic carbocycles. The lowest BCUT2D eigenvalue weighted by Crippen LogP contribution is -2.59. The maximum Gasteiger partial charge on any atom is 0.405 e. The topological polar surface area (TPSA) is 58.4 Å². The summed E-state index contributed by atoms with van der Waals surface area (Å²) in [6.07, 6.45) is -4.33. The van der Waals surface area contributed by atoms with Crippen molar-refractivity contribution in [1.82, 2.24) is 10.2 Å². The second-order valence-electron chi connectivity index (χ2n) is 2.83. The monoisotopic (exact) mass is 197 g/mol. The van der Waals surface area contributed by atoms with E-state index in [-0.39, 0.29) is 13.1 Å². The number of amides is 2. The van der Waals surface area contributed by atoms with Gasteiger partial charge in [0.15, 0.2) is 0 Å². The van der Waals surface area contributed by atoms with Crippen molar-refractivity contribution in [1.29, 1.82) is 0 Å². The maximum absolute atomic E-state index is 12.1. The normalized spacial score (nSPS) is 24.5. The SMILES string of the molecule is NC(=O)N1CCNC(C(F)(F)F)C1. The third-order valence-corrected chi connectivity index (χ3v) is 1.88. The van der Waals surface area contributed by atoms with Crippen LogP contribution in [-0.4, -0.2) is 42.8 Å². The molecule has 0 saturated carbocycles. The molecular weight excluding hydrogens is 187 g/mol. The molecule has 0 aromatic heterocycles. The number of nitrogens with two attached hydrogens (primary N) is 1. The van der Waals surface area contributed by atoms with Gasteiger partial charge in [-0.3, -0.25) is 0 Å². The number of hydrogen-bond donors (Lipinski definition) is 2. The van der Waals surface area contributed by atoms with Crippen LogP contribution in [0.4, 0.5) is 18.0 Å². The van der Waals surface area contributed by atoms with Gasteiger partial charge in [-0.15, -0.1) is 0 Å². The van der Waals surface area contributed by atoms with Crippen LogP contribution >= 0.6 is 0 Å². The molecule has 4 nitrogen and oxygen atoms in total. The molecule has 7 heteroatoms. The zero-order valence-electron chi connectivity index (χ0n) is 6.77. The number of alkyl halides is 3. The number of nitrogens with zero attached hydrogens (tertiary/aromatic N) is 1. The molecule has 1 atom stereocenters. The number of piperazine rings is 1. The standard InChI is InChI=1S/C6H10F3N3O/c7-6(8,9)4-3-12(5(10)13)2-1-11-4/h4,11H,1-3H2,(H2,10,13). The Kier molecular flexibility index (Phi) is 2.65. The number of halogens is 3. The Hall–Kier alpha value is -0.980. The zero-order valence-corrected chi connectivity index (χ0v) is 6.77. The van der Waals surface area contributed by atoms with Gasteiger partial charge in [-0.2, -0.15) is 13.2 Å². The van der Waals surface area contributed by atoms with Gasteiger partial charge in [-0.1, -0.05) is 0 Å². The van der Waals surface area contributed by atoms with Crippen molar-refractivity contribution in [2.75, 3.05) is 19.6 Å². The third-order valence-electron chi connectivity index (χ3n) is 1.88. The van der Waals surface area contributed by atoms with Gasteiger partial charge in [0.2, 0.25) is 0 Å². The van der Waals surface area contributed by atoms with E-state index in [0.29, 0.717) is 0 Å². The molecule has 1 heterocycles. The molecule has 1 fully saturated rings. The molecule has 0 radical (unpaired) electrons. The molecule has 1 aliphatic heterocycles. The van der Waals surface area contributed by atoms with Crippen LogP contribution < -0.4 is 11.1 Å². The number of carbonyl (C=O) groups excluding carboxylic acids is 1. The van der Waals surface area contributed by atoms with E-state index < -0.39 is 24.8 Å². The van der Waals surface area contributed by atoms with Gasteiger partial charge < -0.3 is 16.0 Å². The van der Waals surface area contributed by atoms with Crippen LogP contribution in [0.25, 0.3) is 0 Å². The fraction of sp³-hybridized carbons (Fsp3) is 0.833. The summed E-state index contributed by atoms with van der Waals surface area (Å²) in [5.41, 5.74) is 4.86. The highest BCUT2D eigenvalue weighted by Crippen LogP contribution is 2.22. The number of urea groups is 1. The molecule has 3 N–H and O–H groups in total. The fourth-order valence-electron chi connectivity index (χ4n) is 1.17. The first-order valence-electron chi connectivity index (χ1n) is 3.75. The van der Waals surface area contributed by atoms with E-state index in [1.54, 1.807) is 0 Å². The van der Waals surface area contributed by atoms with Crippen LogP contribution in [0.15, 0.2) is 0 Å². The summed E-state index contributed by atoms with van der Waals surface area (Å²) >= 11 is 0. The molecular formula is C6H10F3N3O. The highest BCUT2D eigenvalue weighted by Gasteiger charge is 2.42. The molecule has 1 saturated heterocycles.